The maximum absolute atomic E-state index is 5.49. The molecule has 0 aliphatic rings. The number of benzene rings is 1. The van der Waals surface area contributed by atoms with Gasteiger partial charge in [-0.3, -0.25) is 9.67 Å². The van der Waals surface area contributed by atoms with E-state index in [1.807, 2.05) is 48.5 Å². The van der Waals surface area contributed by atoms with Gasteiger partial charge in [0.2, 0.25) is 0 Å². The number of aromatic nitrogens is 5. The molecule has 4 aromatic rings. The molecule has 4 rings (SSSR count). The third-order valence-corrected chi connectivity index (χ3v) is 5.69. The molecule has 0 spiro atoms. The fourth-order valence-electron chi connectivity index (χ4n) is 3.31. The first-order valence-corrected chi connectivity index (χ1v) is 13.4. The standard InChI is InChI=1S/C25H28N6O2S/c1-30-17-18(15-27-30)23-16-26-22-8-9-24(29-25(22)28-23)31(10-7-11-34(4,5)6)19-12-20(32-2)14-21(13-19)33-3/h8-9,12-17H,10H2,1-6H3. The van der Waals surface area contributed by atoms with E-state index in [0.29, 0.717) is 35.0 Å². The van der Waals surface area contributed by atoms with Gasteiger partial charge in [0.25, 0.3) is 0 Å². The van der Waals surface area contributed by atoms with Crippen LogP contribution in [0.1, 0.15) is 0 Å². The van der Waals surface area contributed by atoms with Crippen LogP contribution in [0.3, 0.4) is 0 Å². The van der Waals surface area contributed by atoms with Crippen molar-refractivity contribution in [1.29, 1.82) is 0 Å². The predicted octanol–water partition coefficient (Wildman–Crippen LogP) is 4.24. The topological polar surface area (TPSA) is 78.2 Å². The zero-order valence-corrected chi connectivity index (χ0v) is 21.1. The van der Waals surface area contributed by atoms with Gasteiger partial charge in [0.05, 0.1) is 44.5 Å². The zero-order valence-electron chi connectivity index (χ0n) is 20.2. The molecule has 1 aromatic carbocycles. The molecule has 0 saturated heterocycles. The van der Waals surface area contributed by atoms with Crippen molar-refractivity contribution < 1.29 is 9.47 Å². The Morgan fingerprint density at radius 2 is 1.74 bits per heavy atom. The summed E-state index contributed by atoms with van der Waals surface area (Å²) in [6.07, 6.45) is 11.9. The van der Waals surface area contributed by atoms with E-state index in [9.17, 15) is 0 Å². The molecule has 0 radical (unpaired) electrons. The number of aryl methyl sites for hydroxylation is 1. The van der Waals surface area contributed by atoms with E-state index in [-0.39, 0.29) is 0 Å². The maximum Gasteiger partial charge on any atom is 0.180 e. The fourth-order valence-corrected chi connectivity index (χ4v) is 3.81. The molecule has 0 bridgehead atoms. The molecular formula is C25H28N6O2S. The van der Waals surface area contributed by atoms with Crippen molar-refractivity contribution in [2.45, 2.75) is 0 Å². The van der Waals surface area contributed by atoms with Crippen LogP contribution in [0.4, 0.5) is 11.5 Å². The van der Waals surface area contributed by atoms with E-state index < -0.39 is 10.0 Å². The quantitative estimate of drug-likeness (QED) is 0.385. The van der Waals surface area contributed by atoms with Gasteiger partial charge in [0.1, 0.15) is 22.8 Å². The van der Waals surface area contributed by atoms with Crippen LogP contribution in [0.5, 0.6) is 11.5 Å². The second-order valence-electron chi connectivity index (χ2n) is 8.44. The number of pyridine rings is 1. The summed E-state index contributed by atoms with van der Waals surface area (Å²) in [7, 11) is 4.17. The molecule has 0 fully saturated rings. The summed E-state index contributed by atoms with van der Waals surface area (Å²) < 4.78 is 12.7. The van der Waals surface area contributed by atoms with E-state index in [1.54, 1.807) is 31.3 Å². The zero-order chi connectivity index (χ0) is 24.3. The highest BCUT2D eigenvalue weighted by Gasteiger charge is 2.15. The molecule has 176 valence electrons. The summed E-state index contributed by atoms with van der Waals surface area (Å²) in [5, 5.41) is 7.61. The SMILES string of the molecule is COc1cc(OC)cc(N(CC#CS(C)(C)C)c2ccc3ncc(-c4cnn(C)c4)nc3n2)c1. The second-order valence-corrected chi connectivity index (χ2v) is 12.3. The van der Waals surface area contributed by atoms with Crippen molar-refractivity contribution >= 4 is 32.7 Å². The van der Waals surface area contributed by atoms with E-state index in [2.05, 4.69) is 40.0 Å². The number of hydrogen-bond acceptors (Lipinski definition) is 7. The van der Waals surface area contributed by atoms with Crippen LogP contribution in [-0.4, -0.2) is 64.3 Å². The molecule has 3 heterocycles. The largest absolute Gasteiger partial charge is 0.497 e. The highest BCUT2D eigenvalue weighted by atomic mass is 32.3. The van der Waals surface area contributed by atoms with Crippen molar-refractivity contribution in [3.8, 4) is 33.9 Å². The van der Waals surface area contributed by atoms with Gasteiger partial charge in [-0.05, 0) is 30.9 Å². The van der Waals surface area contributed by atoms with Gasteiger partial charge in [-0.25, -0.2) is 9.97 Å². The van der Waals surface area contributed by atoms with Gasteiger partial charge in [-0.15, -0.1) is 0 Å². The molecule has 0 amide bonds. The lowest BCUT2D eigenvalue weighted by molar-refractivity contribution is 0.394. The van der Waals surface area contributed by atoms with Gasteiger partial charge in [-0.2, -0.15) is 15.1 Å². The van der Waals surface area contributed by atoms with E-state index in [1.165, 1.54) is 0 Å². The molecule has 0 unspecified atom stereocenters. The lowest BCUT2D eigenvalue weighted by Crippen LogP contribution is -2.19. The Morgan fingerprint density at radius 1 is 1.00 bits per heavy atom. The van der Waals surface area contributed by atoms with Gasteiger partial charge in [0, 0.05) is 37.0 Å². The number of nitrogens with zero attached hydrogens (tertiary/aromatic N) is 6. The minimum atomic E-state index is -0.967. The molecule has 3 aromatic heterocycles. The van der Waals surface area contributed by atoms with Crippen molar-refractivity contribution in [1.82, 2.24) is 24.7 Å². The average Bonchev–Trinajstić information content (AvgIpc) is 3.26. The lowest BCUT2D eigenvalue weighted by Gasteiger charge is -2.23. The van der Waals surface area contributed by atoms with Crippen molar-refractivity contribution in [3.05, 3.63) is 48.9 Å². The Kier molecular flexibility index (Phi) is 6.61. The number of fused-ring (bicyclic) bond motifs is 1. The summed E-state index contributed by atoms with van der Waals surface area (Å²) in [5.41, 5.74) is 3.73. The number of anilines is 2. The van der Waals surface area contributed by atoms with Gasteiger partial charge in [-0.1, -0.05) is 11.2 Å². The molecule has 0 atom stereocenters. The van der Waals surface area contributed by atoms with Gasteiger partial charge in [0.15, 0.2) is 5.65 Å². The Balaban J connectivity index is 1.81. The van der Waals surface area contributed by atoms with E-state index in [0.717, 1.165) is 16.9 Å². The highest BCUT2D eigenvalue weighted by molar-refractivity contribution is 8.35. The number of methoxy groups -OCH3 is 2. The molecule has 0 aliphatic carbocycles. The lowest BCUT2D eigenvalue weighted by atomic mass is 10.2. The summed E-state index contributed by atoms with van der Waals surface area (Å²) in [6, 6.07) is 9.57. The smallest absolute Gasteiger partial charge is 0.180 e. The number of hydrogen-bond donors (Lipinski definition) is 0. The van der Waals surface area contributed by atoms with Crippen LogP contribution in [0.2, 0.25) is 0 Å². The maximum atomic E-state index is 5.49. The Labute approximate surface area is 201 Å². The third kappa shape index (κ3) is 5.41. The van der Waals surface area contributed by atoms with Crippen molar-refractivity contribution in [3.63, 3.8) is 0 Å². The van der Waals surface area contributed by atoms with Crippen LogP contribution in [0, 0.1) is 11.2 Å². The first kappa shape index (κ1) is 23.4. The average molecular weight is 477 g/mol. The van der Waals surface area contributed by atoms with Crippen LogP contribution in [0.25, 0.3) is 22.4 Å². The molecular weight excluding hydrogens is 448 g/mol. The Morgan fingerprint density at radius 3 is 2.35 bits per heavy atom. The summed E-state index contributed by atoms with van der Waals surface area (Å²) in [4.78, 5) is 16.2. The van der Waals surface area contributed by atoms with Crippen molar-refractivity contribution in [2.24, 2.45) is 7.05 Å². The monoisotopic (exact) mass is 476 g/mol. The molecule has 9 heteroatoms. The molecule has 0 aliphatic heterocycles. The Bertz CT molecular complexity index is 1360. The Hall–Kier alpha value is -3.77. The number of rotatable bonds is 6. The van der Waals surface area contributed by atoms with Crippen molar-refractivity contribution in [2.75, 3.05) is 44.4 Å². The van der Waals surface area contributed by atoms with E-state index >= 15 is 0 Å². The summed E-state index contributed by atoms with van der Waals surface area (Å²) >= 11 is 0. The second kappa shape index (κ2) is 9.61. The van der Waals surface area contributed by atoms with Gasteiger partial charge < -0.3 is 14.4 Å². The summed E-state index contributed by atoms with van der Waals surface area (Å²) in [5.74, 6) is 5.41. The molecule has 0 N–H and O–H groups in total. The van der Waals surface area contributed by atoms with Crippen LogP contribution < -0.4 is 14.4 Å². The fraction of sp³-hybridized carbons (Fsp3) is 0.280. The van der Waals surface area contributed by atoms with Crippen LogP contribution in [-0.2, 0) is 7.05 Å². The normalized spacial score (nSPS) is 11.6. The summed E-state index contributed by atoms with van der Waals surface area (Å²) in [6.45, 7) is 0.453. The molecule has 8 nitrogen and oxygen atoms in total. The first-order valence-electron chi connectivity index (χ1n) is 10.6. The molecule has 34 heavy (non-hydrogen) atoms. The van der Waals surface area contributed by atoms with Crippen LogP contribution in [0.15, 0.2) is 48.9 Å². The van der Waals surface area contributed by atoms with E-state index in [4.69, 9.17) is 19.4 Å². The molecule has 0 saturated carbocycles. The minimum absolute atomic E-state index is 0.453. The first-order chi connectivity index (χ1) is 16.3. The van der Waals surface area contributed by atoms with Gasteiger partial charge >= 0.3 is 0 Å². The van der Waals surface area contributed by atoms with Crippen LogP contribution >= 0.6 is 10.0 Å². The number of ether oxygens (including phenoxy) is 2. The predicted molar refractivity (Wildman–Crippen MR) is 139 cm³/mol. The third-order valence-electron chi connectivity index (χ3n) is 4.93. The minimum Gasteiger partial charge on any atom is -0.497 e. The highest BCUT2D eigenvalue weighted by Crippen LogP contribution is 2.34.